The molecular weight excluding hydrogens is 394 g/mol. The highest BCUT2D eigenvalue weighted by atomic mass is 16.4. The third kappa shape index (κ3) is 8.70. The minimum absolute atomic E-state index is 0.00170. The van der Waals surface area contributed by atoms with Crippen LogP contribution in [-0.4, -0.2) is 65.9 Å². The Morgan fingerprint density at radius 1 is 0.935 bits per heavy atom. The van der Waals surface area contributed by atoms with Crippen molar-refractivity contribution in [2.45, 2.75) is 32.2 Å². The maximum Gasteiger partial charge on any atom is 0.323 e. The van der Waals surface area contributed by atoms with E-state index in [1.165, 1.54) is 12.1 Å². The molecule has 2 N–H and O–H groups in total. The molecule has 0 unspecified atom stereocenters. The molecule has 7 nitrogen and oxygen atoms in total. The smallest absolute Gasteiger partial charge is 0.323 e. The summed E-state index contributed by atoms with van der Waals surface area (Å²) in [5.74, 6) is -1.33. The number of nitrogens with zero attached hydrogens (tertiary/aromatic N) is 2. The van der Waals surface area contributed by atoms with Crippen LogP contribution in [0, 0.1) is 6.92 Å². The zero-order chi connectivity index (χ0) is 22.8. The van der Waals surface area contributed by atoms with Crippen LogP contribution in [0.3, 0.4) is 0 Å². The van der Waals surface area contributed by atoms with Crippen molar-refractivity contribution in [1.82, 2.24) is 15.3 Å². The van der Waals surface area contributed by atoms with Gasteiger partial charge in [0.25, 0.3) is 0 Å². The predicted octanol–water partition coefficient (Wildman–Crippen LogP) is 2.09. The molecule has 0 spiro atoms. The number of ketones is 1. The van der Waals surface area contributed by atoms with E-state index in [9.17, 15) is 19.5 Å². The molecule has 2 aromatic rings. The van der Waals surface area contributed by atoms with E-state index < -0.39 is 12.0 Å². The summed E-state index contributed by atoms with van der Waals surface area (Å²) in [5, 5.41) is 10.9. The summed E-state index contributed by atoms with van der Waals surface area (Å²) in [6.45, 7) is 2.13. The van der Waals surface area contributed by atoms with Crippen LogP contribution < -0.4 is 5.43 Å². The summed E-state index contributed by atoms with van der Waals surface area (Å²) in [7, 11) is 3.23. The first kappa shape index (κ1) is 24.2. The number of likely N-dealkylation sites (N-methyl/N-ethyl adjacent to an activating group) is 2. The van der Waals surface area contributed by atoms with E-state index in [1.807, 2.05) is 61.5 Å². The number of aliphatic carboxylic acids is 1. The Bertz CT molecular complexity index is 868. The number of rotatable bonds is 12. The van der Waals surface area contributed by atoms with E-state index >= 15 is 0 Å². The topological polar surface area (TPSA) is 89.9 Å². The third-order valence-corrected chi connectivity index (χ3v) is 5.00. The monoisotopic (exact) mass is 425 g/mol. The molecule has 7 heteroatoms. The van der Waals surface area contributed by atoms with Gasteiger partial charge in [-0.25, -0.2) is 5.01 Å². The Hall–Kier alpha value is -3.03. The zero-order valence-electron chi connectivity index (χ0n) is 18.4. The molecule has 1 amide bonds. The number of hydrazine groups is 1. The van der Waals surface area contributed by atoms with Crippen molar-refractivity contribution in [3.05, 3.63) is 71.3 Å². The molecule has 2 rings (SSSR count). The molecule has 1 atom stereocenters. The number of carbonyl (C=O) groups is 3. The van der Waals surface area contributed by atoms with Crippen LogP contribution in [0.2, 0.25) is 0 Å². The van der Waals surface area contributed by atoms with Crippen LogP contribution in [-0.2, 0) is 27.2 Å². The molecule has 0 fully saturated rings. The van der Waals surface area contributed by atoms with Crippen molar-refractivity contribution in [3.8, 4) is 0 Å². The van der Waals surface area contributed by atoms with Crippen LogP contribution in [0.4, 0.5) is 0 Å². The molecule has 0 aliphatic heterocycles. The van der Waals surface area contributed by atoms with Gasteiger partial charge < -0.3 is 5.11 Å². The quantitative estimate of drug-likeness (QED) is 0.506. The highest BCUT2D eigenvalue weighted by molar-refractivity contribution is 5.82. The van der Waals surface area contributed by atoms with E-state index in [0.717, 1.165) is 16.7 Å². The van der Waals surface area contributed by atoms with Crippen molar-refractivity contribution in [1.29, 1.82) is 0 Å². The minimum Gasteiger partial charge on any atom is -0.480 e. The second-order valence-electron chi connectivity index (χ2n) is 7.89. The van der Waals surface area contributed by atoms with Gasteiger partial charge in [0.2, 0.25) is 5.91 Å². The molecule has 0 aliphatic rings. The predicted molar refractivity (Wildman–Crippen MR) is 119 cm³/mol. The number of amides is 1. The summed E-state index contributed by atoms with van der Waals surface area (Å²) >= 11 is 0. The van der Waals surface area contributed by atoms with Gasteiger partial charge in [0, 0.05) is 19.9 Å². The molecule has 31 heavy (non-hydrogen) atoms. The zero-order valence-corrected chi connectivity index (χ0v) is 18.4. The van der Waals surface area contributed by atoms with Crippen LogP contribution in [0.15, 0.2) is 54.6 Å². The molecular formula is C24H31N3O4. The molecule has 0 heterocycles. The number of carboxylic acids is 1. The number of aryl methyl sites for hydroxylation is 2. The normalized spacial score (nSPS) is 12.0. The average Bonchev–Trinajstić information content (AvgIpc) is 2.72. The van der Waals surface area contributed by atoms with Gasteiger partial charge in [-0.15, -0.1) is 0 Å². The Morgan fingerprint density at radius 3 is 2.19 bits per heavy atom. The lowest BCUT2D eigenvalue weighted by Gasteiger charge is -2.26. The summed E-state index contributed by atoms with van der Waals surface area (Å²) in [4.78, 5) is 37.9. The number of Topliss-reactive ketones (excluding diaryl/α,β-unsaturated/α-hetero) is 1. The SMILES string of the molecule is Cc1ccc(C[C@@H](C(=O)O)N(C)NC(=O)CN(C)CC(=O)CCc2ccccc2)cc1. The minimum atomic E-state index is -1.02. The summed E-state index contributed by atoms with van der Waals surface area (Å²) < 4.78 is 0. The lowest BCUT2D eigenvalue weighted by atomic mass is 10.0. The van der Waals surface area contributed by atoms with E-state index in [4.69, 9.17) is 0 Å². The first-order valence-electron chi connectivity index (χ1n) is 10.3. The number of nitrogens with one attached hydrogen (secondary N) is 1. The number of hydrogen-bond acceptors (Lipinski definition) is 5. The van der Waals surface area contributed by atoms with Gasteiger partial charge in [-0.3, -0.25) is 24.7 Å². The van der Waals surface area contributed by atoms with Gasteiger partial charge in [0.05, 0.1) is 13.1 Å². The van der Waals surface area contributed by atoms with Gasteiger partial charge in [-0.2, -0.15) is 0 Å². The maximum absolute atomic E-state index is 12.4. The average molecular weight is 426 g/mol. The van der Waals surface area contributed by atoms with Gasteiger partial charge in [-0.05, 0) is 31.5 Å². The molecule has 166 valence electrons. The number of hydrogen-bond donors (Lipinski definition) is 2. The van der Waals surface area contributed by atoms with Gasteiger partial charge in [0.15, 0.2) is 0 Å². The molecule has 0 saturated heterocycles. The molecule has 0 saturated carbocycles. The molecule has 0 aliphatic carbocycles. The molecule has 0 radical (unpaired) electrons. The van der Waals surface area contributed by atoms with E-state index in [-0.39, 0.29) is 31.2 Å². The van der Waals surface area contributed by atoms with Crippen molar-refractivity contribution < 1.29 is 19.5 Å². The summed E-state index contributed by atoms with van der Waals surface area (Å²) in [6, 6.07) is 16.5. The second kappa shape index (κ2) is 12.0. The van der Waals surface area contributed by atoms with E-state index in [2.05, 4.69) is 5.43 Å². The fourth-order valence-corrected chi connectivity index (χ4v) is 3.26. The summed E-state index contributed by atoms with van der Waals surface area (Å²) in [6.07, 6.45) is 1.34. The number of benzene rings is 2. The van der Waals surface area contributed by atoms with Crippen LogP contribution >= 0.6 is 0 Å². The van der Waals surface area contributed by atoms with Crippen LogP contribution in [0.25, 0.3) is 0 Å². The van der Waals surface area contributed by atoms with E-state index in [0.29, 0.717) is 12.8 Å². The van der Waals surface area contributed by atoms with Crippen molar-refractivity contribution in [2.24, 2.45) is 0 Å². The second-order valence-corrected chi connectivity index (χ2v) is 7.89. The first-order valence-corrected chi connectivity index (χ1v) is 10.3. The highest BCUT2D eigenvalue weighted by Crippen LogP contribution is 2.09. The van der Waals surface area contributed by atoms with Gasteiger partial charge in [0.1, 0.15) is 11.8 Å². The lowest BCUT2D eigenvalue weighted by molar-refractivity contribution is -0.145. The Morgan fingerprint density at radius 2 is 1.58 bits per heavy atom. The lowest BCUT2D eigenvalue weighted by Crippen LogP contribution is -2.52. The van der Waals surface area contributed by atoms with Crippen LogP contribution in [0.1, 0.15) is 23.1 Å². The third-order valence-electron chi connectivity index (χ3n) is 5.00. The van der Waals surface area contributed by atoms with Crippen molar-refractivity contribution in [2.75, 3.05) is 27.2 Å². The van der Waals surface area contributed by atoms with E-state index in [1.54, 1.807) is 11.9 Å². The first-order chi connectivity index (χ1) is 14.7. The van der Waals surface area contributed by atoms with Gasteiger partial charge in [-0.1, -0.05) is 60.2 Å². The Labute approximate surface area is 183 Å². The Balaban J connectivity index is 1.79. The molecule has 0 bridgehead atoms. The van der Waals surface area contributed by atoms with Crippen molar-refractivity contribution >= 4 is 17.7 Å². The fraction of sp³-hybridized carbons (Fsp3) is 0.375. The standard InChI is InChI=1S/C24H31N3O4/c1-18-9-11-20(12-10-18)15-22(24(30)31)27(3)25-23(29)17-26(2)16-21(28)14-13-19-7-5-4-6-8-19/h4-12,22H,13-17H2,1-3H3,(H,25,29)(H,30,31)/t22-/m0/s1. The van der Waals surface area contributed by atoms with Crippen molar-refractivity contribution in [3.63, 3.8) is 0 Å². The number of carbonyl (C=O) groups excluding carboxylic acids is 2. The fourth-order valence-electron chi connectivity index (χ4n) is 3.26. The number of carboxylic acid groups (broad SMARTS) is 1. The Kier molecular flexibility index (Phi) is 9.37. The molecule has 0 aromatic heterocycles. The molecule has 2 aromatic carbocycles. The largest absolute Gasteiger partial charge is 0.480 e. The maximum atomic E-state index is 12.4. The highest BCUT2D eigenvalue weighted by Gasteiger charge is 2.25. The van der Waals surface area contributed by atoms with Gasteiger partial charge >= 0.3 is 5.97 Å². The summed E-state index contributed by atoms with van der Waals surface area (Å²) in [5.41, 5.74) is 5.69. The van der Waals surface area contributed by atoms with Crippen LogP contribution in [0.5, 0.6) is 0 Å².